The second kappa shape index (κ2) is 7.53. The average molecular weight is 347 g/mol. The predicted octanol–water partition coefficient (Wildman–Crippen LogP) is 3.67. The molecule has 0 unspecified atom stereocenters. The number of benzene rings is 1. The van der Waals surface area contributed by atoms with Crippen molar-refractivity contribution in [2.75, 3.05) is 0 Å². The molecule has 0 aliphatic carbocycles. The van der Waals surface area contributed by atoms with Gasteiger partial charge in [-0.05, 0) is 55.5 Å². The molecule has 0 radical (unpaired) electrons. The second-order valence-electron chi connectivity index (χ2n) is 5.69. The number of hydrogen-bond acceptors (Lipinski definition) is 5. The number of furan rings is 1. The van der Waals surface area contributed by atoms with Crippen LogP contribution in [-0.4, -0.2) is 15.6 Å². The lowest BCUT2D eigenvalue weighted by atomic mass is 10.1. The van der Waals surface area contributed by atoms with Crippen molar-refractivity contribution in [2.45, 2.75) is 13.5 Å². The van der Waals surface area contributed by atoms with Crippen molar-refractivity contribution in [1.82, 2.24) is 9.78 Å². The first-order valence-corrected chi connectivity index (χ1v) is 7.99. The van der Waals surface area contributed by atoms with E-state index in [0.717, 1.165) is 5.69 Å². The van der Waals surface area contributed by atoms with Gasteiger partial charge in [0.15, 0.2) is 5.78 Å². The molecule has 0 saturated carbocycles. The molecule has 6 nitrogen and oxygen atoms in total. The Morgan fingerprint density at radius 2 is 2.08 bits per heavy atom. The van der Waals surface area contributed by atoms with Crippen LogP contribution in [-0.2, 0) is 13.7 Å². The molecule has 3 aromatic rings. The molecule has 0 atom stereocenters. The number of aromatic nitrogens is 2. The van der Waals surface area contributed by atoms with Crippen LogP contribution in [0.3, 0.4) is 0 Å². The summed E-state index contributed by atoms with van der Waals surface area (Å²) in [6.07, 6.45) is 4.65. The fourth-order valence-electron chi connectivity index (χ4n) is 2.33. The number of ketones is 1. The van der Waals surface area contributed by atoms with Crippen molar-refractivity contribution >= 4 is 11.9 Å². The first-order valence-electron chi connectivity index (χ1n) is 7.99. The number of aryl methyl sites for hydroxylation is 1. The van der Waals surface area contributed by atoms with Crippen LogP contribution in [0.4, 0.5) is 0 Å². The van der Waals surface area contributed by atoms with Gasteiger partial charge in [0.1, 0.15) is 23.9 Å². The highest BCUT2D eigenvalue weighted by Gasteiger charge is 2.10. The van der Waals surface area contributed by atoms with Crippen LogP contribution < -0.4 is 4.74 Å². The molecule has 26 heavy (non-hydrogen) atoms. The monoisotopic (exact) mass is 347 g/mol. The molecule has 0 spiro atoms. The molecular weight excluding hydrogens is 330 g/mol. The summed E-state index contributed by atoms with van der Waals surface area (Å²) in [6, 6.07) is 12.5. The van der Waals surface area contributed by atoms with E-state index < -0.39 is 0 Å². The van der Waals surface area contributed by atoms with Crippen molar-refractivity contribution in [3.63, 3.8) is 0 Å². The Morgan fingerprint density at radius 1 is 1.31 bits per heavy atom. The number of nitrogens with zero attached hydrogens (tertiary/aromatic N) is 3. The Morgan fingerprint density at radius 3 is 2.73 bits per heavy atom. The van der Waals surface area contributed by atoms with Gasteiger partial charge in [0.2, 0.25) is 0 Å². The quantitative estimate of drug-likeness (QED) is 0.502. The Hall–Kier alpha value is -3.59. The van der Waals surface area contributed by atoms with Gasteiger partial charge in [-0.1, -0.05) is 0 Å². The van der Waals surface area contributed by atoms with Crippen LogP contribution in [0, 0.1) is 18.3 Å². The molecule has 0 aliphatic rings. The minimum absolute atomic E-state index is 0.123. The Balaban J connectivity index is 1.59. The first-order chi connectivity index (χ1) is 12.6. The molecule has 0 bridgehead atoms. The topological polar surface area (TPSA) is 81.1 Å². The summed E-state index contributed by atoms with van der Waals surface area (Å²) in [5.41, 5.74) is 1.96. The van der Waals surface area contributed by atoms with Gasteiger partial charge in [-0.25, -0.2) is 0 Å². The molecule has 3 rings (SSSR count). The summed E-state index contributed by atoms with van der Waals surface area (Å²) in [6.45, 7) is 2.11. The highest BCUT2D eigenvalue weighted by molar-refractivity contribution is 6.07. The van der Waals surface area contributed by atoms with Gasteiger partial charge in [-0.15, -0.1) is 0 Å². The van der Waals surface area contributed by atoms with E-state index in [1.165, 1.54) is 6.08 Å². The Bertz CT molecular complexity index is 988. The van der Waals surface area contributed by atoms with Gasteiger partial charge < -0.3 is 9.15 Å². The molecule has 0 saturated heterocycles. The van der Waals surface area contributed by atoms with E-state index >= 15 is 0 Å². The van der Waals surface area contributed by atoms with E-state index in [2.05, 4.69) is 11.2 Å². The minimum atomic E-state index is -0.123. The smallest absolute Gasteiger partial charge is 0.189 e. The van der Waals surface area contributed by atoms with Gasteiger partial charge in [0.25, 0.3) is 0 Å². The lowest BCUT2D eigenvalue weighted by molar-refractivity contribution is 0.104. The number of carbonyl (C=O) groups excluding carboxylic acids is 1. The molecule has 130 valence electrons. The third kappa shape index (κ3) is 3.90. The zero-order valence-corrected chi connectivity index (χ0v) is 14.5. The summed E-state index contributed by atoms with van der Waals surface area (Å²) in [7, 11) is 1.79. The second-order valence-corrected chi connectivity index (χ2v) is 5.69. The Kier molecular flexibility index (Phi) is 4.99. The lowest BCUT2D eigenvalue weighted by Crippen LogP contribution is -1.98. The summed E-state index contributed by atoms with van der Waals surface area (Å²) < 4.78 is 12.9. The van der Waals surface area contributed by atoms with E-state index in [9.17, 15) is 4.79 Å². The van der Waals surface area contributed by atoms with Crippen molar-refractivity contribution in [3.05, 3.63) is 77.0 Å². The molecule has 0 amide bonds. The third-order valence-electron chi connectivity index (χ3n) is 3.95. The van der Waals surface area contributed by atoms with E-state index in [1.54, 1.807) is 60.4 Å². The summed E-state index contributed by atoms with van der Waals surface area (Å²) >= 11 is 0. The predicted molar refractivity (Wildman–Crippen MR) is 95.5 cm³/mol. The number of hydrogen-bond donors (Lipinski definition) is 0. The maximum atomic E-state index is 12.2. The number of ether oxygens (including phenoxy) is 1. The average Bonchev–Trinajstić information content (AvgIpc) is 3.25. The van der Waals surface area contributed by atoms with Crippen LogP contribution in [0.1, 0.15) is 33.1 Å². The van der Waals surface area contributed by atoms with Gasteiger partial charge in [-0.2, -0.15) is 10.4 Å². The normalized spacial score (nSPS) is 10.8. The summed E-state index contributed by atoms with van der Waals surface area (Å²) in [5.74, 6) is 1.74. The fraction of sp³-hybridized carbons (Fsp3) is 0.150. The molecule has 0 fully saturated rings. The van der Waals surface area contributed by atoms with Gasteiger partial charge in [0.05, 0.1) is 23.4 Å². The van der Waals surface area contributed by atoms with Crippen LogP contribution in [0.2, 0.25) is 0 Å². The fourth-order valence-corrected chi connectivity index (χ4v) is 2.33. The highest BCUT2D eigenvalue weighted by Crippen LogP contribution is 2.16. The van der Waals surface area contributed by atoms with Gasteiger partial charge in [0, 0.05) is 12.7 Å². The van der Waals surface area contributed by atoms with Crippen LogP contribution in [0.25, 0.3) is 6.08 Å². The molecule has 0 aliphatic heterocycles. The zero-order valence-electron chi connectivity index (χ0n) is 14.5. The number of allylic oxidation sites excluding steroid dienone is 1. The number of carbonyl (C=O) groups is 1. The summed E-state index contributed by atoms with van der Waals surface area (Å²) in [5, 5.41) is 12.8. The van der Waals surface area contributed by atoms with Crippen molar-refractivity contribution in [2.24, 2.45) is 7.05 Å². The minimum Gasteiger partial charge on any atom is -0.486 e. The van der Waals surface area contributed by atoms with Gasteiger partial charge in [-0.3, -0.25) is 9.48 Å². The molecule has 1 aromatic carbocycles. The molecular formula is C20H17N3O3. The molecule has 2 aromatic heterocycles. The first kappa shape index (κ1) is 17.2. The number of rotatable bonds is 6. The standard InChI is InChI=1S/C20H17N3O3/c1-14-19(12-22-23(14)2)20(24)10-9-17-7-8-18(26-17)13-25-16-5-3-15(11-21)4-6-16/h3-10,12H,13H2,1-2H3/b10-9+. The molecule has 6 heteroatoms. The largest absolute Gasteiger partial charge is 0.486 e. The van der Waals surface area contributed by atoms with E-state index in [4.69, 9.17) is 14.4 Å². The number of nitriles is 1. The van der Waals surface area contributed by atoms with E-state index in [1.807, 2.05) is 6.92 Å². The maximum Gasteiger partial charge on any atom is 0.189 e. The lowest BCUT2D eigenvalue weighted by Gasteiger charge is -2.03. The van der Waals surface area contributed by atoms with Crippen LogP contribution >= 0.6 is 0 Å². The Labute approximate surface area is 150 Å². The maximum absolute atomic E-state index is 12.2. The van der Waals surface area contributed by atoms with Crippen LogP contribution in [0.15, 0.2) is 53.1 Å². The van der Waals surface area contributed by atoms with E-state index in [0.29, 0.717) is 28.4 Å². The molecule has 0 N–H and O–H groups in total. The third-order valence-corrected chi connectivity index (χ3v) is 3.95. The van der Waals surface area contributed by atoms with Gasteiger partial charge >= 0.3 is 0 Å². The highest BCUT2D eigenvalue weighted by atomic mass is 16.5. The zero-order chi connectivity index (χ0) is 18.5. The van der Waals surface area contributed by atoms with Crippen LogP contribution in [0.5, 0.6) is 5.75 Å². The summed E-state index contributed by atoms with van der Waals surface area (Å²) in [4.78, 5) is 12.2. The molecule has 2 heterocycles. The van der Waals surface area contributed by atoms with E-state index in [-0.39, 0.29) is 12.4 Å². The van der Waals surface area contributed by atoms with Crippen molar-refractivity contribution in [1.29, 1.82) is 5.26 Å². The SMILES string of the molecule is Cc1c(C(=O)/C=C/c2ccc(COc3ccc(C#N)cc3)o2)cnn1C. The van der Waals surface area contributed by atoms with Crippen molar-refractivity contribution < 1.29 is 13.9 Å². The van der Waals surface area contributed by atoms with Crippen molar-refractivity contribution in [3.8, 4) is 11.8 Å².